The number of carbonyl (C=O) groups is 1. The van der Waals surface area contributed by atoms with Gasteiger partial charge in [-0.3, -0.25) is 0 Å². The van der Waals surface area contributed by atoms with E-state index in [-0.39, 0.29) is 0 Å². The fourth-order valence-electron chi connectivity index (χ4n) is 0.556. The van der Waals surface area contributed by atoms with Gasteiger partial charge in [0, 0.05) is 6.54 Å². The highest BCUT2D eigenvalue weighted by Crippen LogP contribution is 1.88. The molecular formula is C6H13NO3. The molecule has 1 N–H and O–H groups in total. The van der Waals surface area contributed by atoms with E-state index < -0.39 is 12.1 Å². The van der Waals surface area contributed by atoms with Gasteiger partial charge in [-0.05, 0) is 14.1 Å². The molecule has 4 heteroatoms. The summed E-state index contributed by atoms with van der Waals surface area (Å²) in [4.78, 5) is 12.3. The maximum absolute atomic E-state index is 10.5. The van der Waals surface area contributed by atoms with E-state index in [0.717, 1.165) is 0 Å². The lowest BCUT2D eigenvalue weighted by Crippen LogP contribution is -2.33. The van der Waals surface area contributed by atoms with Gasteiger partial charge in [0.2, 0.25) is 0 Å². The molecule has 0 spiro atoms. The number of hydrogen-bond donors (Lipinski definition) is 1. The average Bonchev–Trinajstić information content (AvgIpc) is 1.85. The number of likely N-dealkylation sites (N-methyl/N-ethyl adjacent to an activating group) is 1. The molecule has 0 bridgehead atoms. The predicted molar refractivity (Wildman–Crippen MR) is 36.6 cm³/mol. The van der Waals surface area contributed by atoms with Crippen molar-refractivity contribution in [2.75, 3.05) is 27.7 Å². The van der Waals surface area contributed by atoms with Crippen molar-refractivity contribution in [2.24, 2.45) is 0 Å². The molecule has 0 aliphatic heterocycles. The summed E-state index contributed by atoms with van der Waals surface area (Å²) >= 11 is 0. The van der Waals surface area contributed by atoms with Crippen molar-refractivity contribution in [3.05, 3.63) is 0 Å². The molecule has 10 heavy (non-hydrogen) atoms. The molecule has 0 radical (unpaired) electrons. The molecule has 0 fully saturated rings. The quantitative estimate of drug-likeness (QED) is 0.525. The van der Waals surface area contributed by atoms with Gasteiger partial charge in [-0.1, -0.05) is 0 Å². The lowest BCUT2D eigenvalue weighted by Gasteiger charge is -2.12. The van der Waals surface area contributed by atoms with Gasteiger partial charge in [0.1, 0.15) is 0 Å². The van der Waals surface area contributed by atoms with E-state index in [0.29, 0.717) is 6.54 Å². The van der Waals surface area contributed by atoms with Gasteiger partial charge in [0.15, 0.2) is 6.10 Å². The third-order valence-corrected chi connectivity index (χ3v) is 1.01. The first-order valence-corrected chi connectivity index (χ1v) is 2.98. The minimum atomic E-state index is -1.03. The topological polar surface area (TPSA) is 49.8 Å². The van der Waals surface area contributed by atoms with Crippen molar-refractivity contribution in [1.82, 2.24) is 4.90 Å². The zero-order chi connectivity index (χ0) is 8.15. The normalized spacial score (nSPS) is 13.3. The van der Waals surface area contributed by atoms with Gasteiger partial charge in [-0.15, -0.1) is 0 Å². The number of ether oxygens (including phenoxy) is 1. The molecule has 0 aliphatic rings. The summed E-state index contributed by atoms with van der Waals surface area (Å²) in [5, 5.41) is 8.97. The number of nitrogens with zero attached hydrogens (tertiary/aromatic N) is 1. The molecule has 0 aromatic carbocycles. The number of hydrogen-bond acceptors (Lipinski definition) is 4. The average molecular weight is 147 g/mol. The lowest BCUT2D eigenvalue weighted by atomic mass is 10.3. The zero-order valence-corrected chi connectivity index (χ0v) is 6.50. The third kappa shape index (κ3) is 3.42. The van der Waals surface area contributed by atoms with E-state index in [2.05, 4.69) is 4.74 Å². The monoisotopic (exact) mass is 147 g/mol. The fraction of sp³-hybridized carbons (Fsp3) is 0.833. The number of aliphatic hydroxyl groups is 1. The highest BCUT2D eigenvalue weighted by molar-refractivity contribution is 5.74. The molecule has 0 aliphatic carbocycles. The highest BCUT2D eigenvalue weighted by Gasteiger charge is 2.14. The van der Waals surface area contributed by atoms with Crippen LogP contribution >= 0.6 is 0 Å². The summed E-state index contributed by atoms with van der Waals surface area (Å²) in [6.07, 6.45) is -1.03. The summed E-state index contributed by atoms with van der Waals surface area (Å²) < 4.78 is 4.30. The minimum absolute atomic E-state index is 0.298. The molecule has 0 heterocycles. The zero-order valence-electron chi connectivity index (χ0n) is 6.50. The molecule has 4 nitrogen and oxygen atoms in total. The van der Waals surface area contributed by atoms with Crippen molar-refractivity contribution in [1.29, 1.82) is 0 Å². The molecule has 0 amide bonds. The summed E-state index contributed by atoms with van der Waals surface area (Å²) in [7, 11) is 4.79. The lowest BCUT2D eigenvalue weighted by molar-refractivity contribution is -0.151. The van der Waals surface area contributed by atoms with Crippen molar-refractivity contribution in [3.8, 4) is 0 Å². The Balaban J connectivity index is 3.61. The summed E-state index contributed by atoms with van der Waals surface area (Å²) in [5.41, 5.74) is 0. The van der Waals surface area contributed by atoms with Crippen molar-refractivity contribution in [3.63, 3.8) is 0 Å². The smallest absolute Gasteiger partial charge is 0.336 e. The van der Waals surface area contributed by atoms with Gasteiger partial charge in [0.05, 0.1) is 7.11 Å². The molecule has 0 aromatic rings. The van der Waals surface area contributed by atoms with E-state index in [4.69, 9.17) is 5.11 Å². The van der Waals surface area contributed by atoms with Gasteiger partial charge in [-0.2, -0.15) is 0 Å². The van der Waals surface area contributed by atoms with Crippen molar-refractivity contribution < 1.29 is 14.6 Å². The van der Waals surface area contributed by atoms with Crippen LogP contribution in [0, 0.1) is 0 Å². The first-order valence-electron chi connectivity index (χ1n) is 2.98. The number of methoxy groups -OCH3 is 1. The van der Waals surface area contributed by atoms with Crippen molar-refractivity contribution in [2.45, 2.75) is 6.10 Å². The molecule has 0 aromatic heterocycles. The Morgan fingerprint density at radius 2 is 2.20 bits per heavy atom. The first kappa shape index (κ1) is 9.39. The number of aliphatic hydroxyl groups excluding tert-OH is 1. The summed E-state index contributed by atoms with van der Waals surface area (Å²) in [5.74, 6) is -0.589. The number of carbonyl (C=O) groups excluding carboxylic acids is 1. The summed E-state index contributed by atoms with van der Waals surface area (Å²) in [6.45, 7) is 0.298. The van der Waals surface area contributed by atoms with Crippen LogP contribution in [-0.4, -0.2) is 49.8 Å². The molecule has 0 unspecified atom stereocenters. The first-order chi connectivity index (χ1) is 4.57. The second-order valence-electron chi connectivity index (χ2n) is 2.30. The second-order valence-corrected chi connectivity index (χ2v) is 2.30. The van der Waals surface area contributed by atoms with Crippen molar-refractivity contribution >= 4 is 5.97 Å². The summed E-state index contributed by atoms with van der Waals surface area (Å²) in [6, 6.07) is 0. The second kappa shape index (κ2) is 4.24. The highest BCUT2D eigenvalue weighted by atomic mass is 16.5. The Bertz CT molecular complexity index is 114. The standard InChI is InChI=1S/C6H13NO3/c1-7(2)4-5(8)6(9)10-3/h5,8H,4H2,1-3H3/t5-/m0/s1. The Labute approximate surface area is 60.4 Å². The SMILES string of the molecule is COC(=O)[C@@H](O)CN(C)C. The van der Waals surface area contributed by atoms with Gasteiger partial charge >= 0.3 is 5.97 Å². The van der Waals surface area contributed by atoms with E-state index in [9.17, 15) is 4.79 Å². The molecular weight excluding hydrogens is 134 g/mol. The van der Waals surface area contributed by atoms with Gasteiger partial charge in [-0.25, -0.2) is 4.79 Å². The van der Waals surface area contributed by atoms with Crippen LogP contribution in [0.3, 0.4) is 0 Å². The maximum atomic E-state index is 10.5. The van der Waals surface area contributed by atoms with Crippen LogP contribution in [0.1, 0.15) is 0 Å². The number of rotatable bonds is 3. The Morgan fingerprint density at radius 3 is 2.50 bits per heavy atom. The van der Waals surface area contributed by atoms with Crippen LogP contribution in [0.15, 0.2) is 0 Å². The Morgan fingerprint density at radius 1 is 1.70 bits per heavy atom. The van der Waals surface area contributed by atoms with Crippen LogP contribution < -0.4 is 0 Å². The molecule has 0 saturated heterocycles. The number of esters is 1. The minimum Gasteiger partial charge on any atom is -0.467 e. The maximum Gasteiger partial charge on any atom is 0.336 e. The van der Waals surface area contributed by atoms with Gasteiger partial charge in [0.25, 0.3) is 0 Å². The van der Waals surface area contributed by atoms with E-state index in [1.165, 1.54) is 7.11 Å². The molecule has 0 saturated carbocycles. The third-order valence-electron chi connectivity index (χ3n) is 1.01. The Kier molecular flexibility index (Phi) is 3.99. The largest absolute Gasteiger partial charge is 0.467 e. The van der Waals surface area contributed by atoms with E-state index in [1.807, 2.05) is 0 Å². The Hall–Kier alpha value is -0.610. The van der Waals surface area contributed by atoms with Crippen LogP contribution in [0.5, 0.6) is 0 Å². The van der Waals surface area contributed by atoms with Crippen LogP contribution in [0.25, 0.3) is 0 Å². The van der Waals surface area contributed by atoms with Crippen LogP contribution in [-0.2, 0) is 9.53 Å². The van der Waals surface area contributed by atoms with E-state index >= 15 is 0 Å². The molecule has 1 atom stereocenters. The molecule has 60 valence electrons. The predicted octanol–water partition coefficient (Wildman–Crippen LogP) is -0.918. The van der Waals surface area contributed by atoms with Crippen LogP contribution in [0.4, 0.5) is 0 Å². The van der Waals surface area contributed by atoms with Crippen LogP contribution in [0.2, 0.25) is 0 Å². The fourth-order valence-corrected chi connectivity index (χ4v) is 0.556. The van der Waals surface area contributed by atoms with E-state index in [1.54, 1.807) is 19.0 Å². The molecule has 0 rings (SSSR count). The van der Waals surface area contributed by atoms with Gasteiger partial charge < -0.3 is 14.7 Å².